The number of carbonyl (C=O) groups excluding carboxylic acids is 1. The molecule has 0 unspecified atom stereocenters. The summed E-state index contributed by atoms with van der Waals surface area (Å²) in [6.07, 6.45) is 4.72. The molecule has 0 aliphatic carbocycles. The number of nitrogen functional groups attached to an aromatic ring is 1. The number of halogens is 2. The van der Waals surface area contributed by atoms with E-state index in [1.807, 2.05) is 10.8 Å². The van der Waals surface area contributed by atoms with Crippen LogP contribution in [0.1, 0.15) is 23.2 Å². The van der Waals surface area contributed by atoms with E-state index in [9.17, 15) is 14.9 Å². The highest BCUT2D eigenvalue weighted by Gasteiger charge is 2.18. The molecule has 0 bridgehead atoms. The van der Waals surface area contributed by atoms with Gasteiger partial charge in [0.15, 0.2) is 0 Å². The van der Waals surface area contributed by atoms with Crippen molar-refractivity contribution in [2.45, 2.75) is 19.4 Å². The molecule has 0 spiro atoms. The van der Waals surface area contributed by atoms with Crippen molar-refractivity contribution >= 4 is 46.4 Å². The third kappa shape index (κ3) is 6.37. The standard InChI is InChI=1S/C22H24Cl2N6O4/c23-14-3-4-15(18(24)11-14)16-12-29(13-17(16)22(32)27-8-2-10-31)9-1-7-26-20-6-5-19(30(33)34)21(25)28-20/h3-6,11-13,31H,1-2,7-10H2,(H,27,32)(H3,25,26,28). The van der Waals surface area contributed by atoms with Crippen molar-refractivity contribution in [3.63, 3.8) is 0 Å². The van der Waals surface area contributed by atoms with Crippen molar-refractivity contribution in [2.75, 3.05) is 30.7 Å². The molecular weight excluding hydrogens is 483 g/mol. The summed E-state index contributed by atoms with van der Waals surface area (Å²) < 4.78 is 1.89. The minimum Gasteiger partial charge on any atom is -0.396 e. The van der Waals surface area contributed by atoms with Gasteiger partial charge in [-0.05, 0) is 31.0 Å². The van der Waals surface area contributed by atoms with Gasteiger partial charge in [0.1, 0.15) is 5.82 Å². The number of nitro groups is 1. The number of aliphatic hydroxyl groups excluding tert-OH is 1. The van der Waals surface area contributed by atoms with Gasteiger partial charge in [0, 0.05) is 65.9 Å². The Morgan fingerprint density at radius 2 is 1.94 bits per heavy atom. The predicted octanol–water partition coefficient (Wildman–Crippen LogP) is 3.96. The maximum atomic E-state index is 12.8. The van der Waals surface area contributed by atoms with Gasteiger partial charge in [0.2, 0.25) is 5.82 Å². The van der Waals surface area contributed by atoms with Gasteiger partial charge >= 0.3 is 5.69 Å². The van der Waals surface area contributed by atoms with E-state index in [0.717, 1.165) is 0 Å². The zero-order valence-corrected chi connectivity index (χ0v) is 19.6. The molecule has 0 saturated carbocycles. The smallest absolute Gasteiger partial charge is 0.311 e. The van der Waals surface area contributed by atoms with Crippen molar-refractivity contribution in [1.82, 2.24) is 14.9 Å². The van der Waals surface area contributed by atoms with Crippen LogP contribution >= 0.6 is 23.2 Å². The van der Waals surface area contributed by atoms with E-state index in [1.165, 1.54) is 12.1 Å². The number of amides is 1. The van der Waals surface area contributed by atoms with Gasteiger partial charge in [-0.15, -0.1) is 0 Å². The van der Waals surface area contributed by atoms with Crippen LogP contribution < -0.4 is 16.4 Å². The Bertz CT molecular complexity index is 1180. The Kier molecular flexibility index (Phi) is 8.69. The Labute approximate surface area is 205 Å². The molecule has 10 nitrogen and oxygen atoms in total. The molecule has 180 valence electrons. The summed E-state index contributed by atoms with van der Waals surface area (Å²) in [6.45, 7) is 1.44. The lowest BCUT2D eigenvalue weighted by molar-refractivity contribution is -0.384. The normalized spacial score (nSPS) is 10.8. The molecule has 1 aromatic carbocycles. The van der Waals surface area contributed by atoms with E-state index in [2.05, 4.69) is 15.6 Å². The van der Waals surface area contributed by atoms with E-state index < -0.39 is 4.92 Å². The van der Waals surface area contributed by atoms with Gasteiger partial charge in [-0.1, -0.05) is 29.3 Å². The lowest BCUT2D eigenvalue weighted by Gasteiger charge is -2.07. The second-order valence-electron chi connectivity index (χ2n) is 7.42. The van der Waals surface area contributed by atoms with Crippen LogP contribution in [-0.4, -0.2) is 45.2 Å². The zero-order chi connectivity index (χ0) is 24.7. The van der Waals surface area contributed by atoms with Crippen molar-refractivity contribution in [3.05, 3.63) is 68.4 Å². The molecule has 12 heteroatoms. The van der Waals surface area contributed by atoms with Gasteiger partial charge < -0.3 is 26.0 Å². The summed E-state index contributed by atoms with van der Waals surface area (Å²) in [5.41, 5.74) is 7.19. The Balaban J connectivity index is 1.71. The molecule has 0 saturated heterocycles. The molecule has 1 amide bonds. The van der Waals surface area contributed by atoms with Crippen molar-refractivity contribution in [3.8, 4) is 11.1 Å². The molecule has 0 atom stereocenters. The van der Waals surface area contributed by atoms with E-state index in [1.54, 1.807) is 24.4 Å². The molecule has 0 aliphatic rings. The highest BCUT2D eigenvalue weighted by molar-refractivity contribution is 6.36. The number of aliphatic hydroxyl groups is 1. The van der Waals surface area contributed by atoms with E-state index >= 15 is 0 Å². The number of nitrogens with two attached hydrogens (primary N) is 1. The first-order valence-corrected chi connectivity index (χ1v) is 11.2. The fourth-order valence-corrected chi connectivity index (χ4v) is 3.83. The third-order valence-electron chi connectivity index (χ3n) is 4.96. The number of anilines is 2. The summed E-state index contributed by atoms with van der Waals surface area (Å²) in [5, 5.41) is 26.6. The number of carbonyl (C=O) groups is 1. The SMILES string of the molecule is Nc1nc(NCCCn2cc(C(=O)NCCCO)c(-c3ccc(Cl)cc3Cl)c2)ccc1[N+](=O)[O-]. The van der Waals surface area contributed by atoms with Crippen LogP contribution in [0.3, 0.4) is 0 Å². The van der Waals surface area contributed by atoms with Crippen LogP contribution in [0.15, 0.2) is 42.7 Å². The second-order valence-corrected chi connectivity index (χ2v) is 8.26. The fourth-order valence-electron chi connectivity index (χ4n) is 3.32. The zero-order valence-electron chi connectivity index (χ0n) is 18.1. The largest absolute Gasteiger partial charge is 0.396 e. The Morgan fingerprint density at radius 1 is 1.15 bits per heavy atom. The minimum absolute atomic E-state index is 0.0145. The maximum Gasteiger partial charge on any atom is 0.311 e. The first-order chi connectivity index (χ1) is 16.3. The van der Waals surface area contributed by atoms with Gasteiger partial charge in [0.05, 0.1) is 10.5 Å². The lowest BCUT2D eigenvalue weighted by atomic mass is 10.0. The highest BCUT2D eigenvalue weighted by atomic mass is 35.5. The summed E-state index contributed by atoms with van der Waals surface area (Å²) in [6, 6.07) is 7.90. The summed E-state index contributed by atoms with van der Waals surface area (Å²) in [7, 11) is 0. The molecular formula is C22H24Cl2N6O4. The van der Waals surface area contributed by atoms with E-state index in [-0.39, 0.29) is 24.0 Å². The number of rotatable bonds is 11. The van der Waals surface area contributed by atoms with Gasteiger partial charge in [0.25, 0.3) is 5.91 Å². The molecule has 3 aromatic rings. The van der Waals surface area contributed by atoms with Crippen LogP contribution in [0.2, 0.25) is 10.0 Å². The van der Waals surface area contributed by atoms with Crippen molar-refractivity contribution in [1.29, 1.82) is 0 Å². The average Bonchev–Trinajstić information content (AvgIpc) is 3.20. The summed E-state index contributed by atoms with van der Waals surface area (Å²) in [5.74, 6) is 0.0202. The molecule has 2 heterocycles. The number of aromatic nitrogens is 2. The second kappa shape index (κ2) is 11.7. The van der Waals surface area contributed by atoms with Gasteiger partial charge in [-0.25, -0.2) is 4.98 Å². The molecule has 34 heavy (non-hydrogen) atoms. The quantitative estimate of drug-likeness (QED) is 0.174. The van der Waals surface area contributed by atoms with E-state index in [0.29, 0.717) is 65.0 Å². The van der Waals surface area contributed by atoms with Crippen LogP contribution in [-0.2, 0) is 6.54 Å². The lowest BCUT2D eigenvalue weighted by Crippen LogP contribution is -2.25. The molecule has 3 rings (SSSR count). The first-order valence-electron chi connectivity index (χ1n) is 10.5. The summed E-state index contributed by atoms with van der Waals surface area (Å²) >= 11 is 12.4. The minimum atomic E-state index is -0.583. The monoisotopic (exact) mass is 506 g/mol. The van der Waals surface area contributed by atoms with Crippen LogP contribution in [0.25, 0.3) is 11.1 Å². The topological polar surface area (TPSA) is 148 Å². The average molecular weight is 507 g/mol. The number of aryl methyl sites for hydroxylation is 1. The number of benzene rings is 1. The van der Waals surface area contributed by atoms with Crippen LogP contribution in [0, 0.1) is 10.1 Å². The first kappa shape index (κ1) is 25.3. The number of nitrogens with zero attached hydrogens (tertiary/aromatic N) is 3. The fraction of sp³-hybridized carbons (Fsp3) is 0.273. The molecule has 0 radical (unpaired) electrons. The highest BCUT2D eigenvalue weighted by Crippen LogP contribution is 2.33. The molecule has 0 fully saturated rings. The third-order valence-corrected chi connectivity index (χ3v) is 5.51. The molecule has 5 N–H and O–H groups in total. The Morgan fingerprint density at radius 3 is 2.62 bits per heavy atom. The van der Waals surface area contributed by atoms with Crippen molar-refractivity contribution < 1.29 is 14.8 Å². The number of hydrogen-bond acceptors (Lipinski definition) is 7. The summed E-state index contributed by atoms with van der Waals surface area (Å²) in [4.78, 5) is 27.0. The molecule has 0 aliphatic heterocycles. The van der Waals surface area contributed by atoms with Crippen LogP contribution in [0.5, 0.6) is 0 Å². The maximum absolute atomic E-state index is 12.8. The Hall–Kier alpha value is -3.34. The predicted molar refractivity (Wildman–Crippen MR) is 132 cm³/mol. The number of hydrogen-bond donors (Lipinski definition) is 4. The van der Waals surface area contributed by atoms with Gasteiger partial charge in [-0.3, -0.25) is 14.9 Å². The van der Waals surface area contributed by atoms with Crippen molar-refractivity contribution in [2.24, 2.45) is 0 Å². The van der Waals surface area contributed by atoms with Gasteiger partial charge in [-0.2, -0.15) is 0 Å². The van der Waals surface area contributed by atoms with Crippen LogP contribution in [0.4, 0.5) is 17.3 Å². The van der Waals surface area contributed by atoms with E-state index in [4.69, 9.17) is 34.0 Å². The number of nitrogens with one attached hydrogen (secondary N) is 2. The number of pyridine rings is 1. The molecule has 2 aromatic heterocycles.